The van der Waals surface area contributed by atoms with Gasteiger partial charge in [0.15, 0.2) is 5.65 Å². The molecular formula is C10H11ClN4. The van der Waals surface area contributed by atoms with Crippen molar-refractivity contribution in [1.82, 2.24) is 14.6 Å². The summed E-state index contributed by atoms with van der Waals surface area (Å²) in [5, 5.41) is 4.62. The Morgan fingerprint density at radius 1 is 1.53 bits per heavy atom. The molecule has 2 heterocycles. The Kier molecular flexibility index (Phi) is 2.99. The number of aromatic nitrogens is 3. The molecule has 2 N–H and O–H groups in total. The number of hydrogen-bond donors (Lipinski definition) is 1. The summed E-state index contributed by atoms with van der Waals surface area (Å²) in [5.41, 5.74) is 7.11. The van der Waals surface area contributed by atoms with Gasteiger partial charge in [0, 0.05) is 11.8 Å². The van der Waals surface area contributed by atoms with E-state index in [1.54, 1.807) is 23.0 Å². The average Bonchev–Trinajstić information content (AvgIpc) is 2.62. The lowest BCUT2D eigenvalue weighted by Gasteiger charge is -1.93. The van der Waals surface area contributed by atoms with Crippen LogP contribution >= 0.6 is 11.6 Å². The first-order valence-electron chi connectivity index (χ1n) is 4.68. The lowest BCUT2D eigenvalue weighted by atomic mass is 10.3. The Bertz CT molecular complexity index is 489. The van der Waals surface area contributed by atoms with Crippen LogP contribution in [-0.4, -0.2) is 21.1 Å². The minimum absolute atomic E-state index is 0.469. The lowest BCUT2D eigenvalue weighted by Crippen LogP contribution is -1.95. The number of fused-ring (bicyclic) bond motifs is 1. The van der Waals surface area contributed by atoms with Crippen molar-refractivity contribution in [3.8, 4) is 0 Å². The van der Waals surface area contributed by atoms with Crippen molar-refractivity contribution in [3.63, 3.8) is 0 Å². The lowest BCUT2D eigenvalue weighted by molar-refractivity contribution is 0.939. The van der Waals surface area contributed by atoms with Crippen molar-refractivity contribution in [2.24, 2.45) is 5.73 Å². The summed E-state index contributed by atoms with van der Waals surface area (Å²) < 4.78 is 1.69. The van der Waals surface area contributed by atoms with E-state index in [9.17, 15) is 0 Å². The summed E-state index contributed by atoms with van der Waals surface area (Å²) in [5.74, 6) is 0. The first kappa shape index (κ1) is 10.1. The largest absolute Gasteiger partial charge is 0.330 e. The van der Waals surface area contributed by atoms with Gasteiger partial charge in [-0.3, -0.25) is 0 Å². The molecule has 0 saturated carbocycles. The fourth-order valence-corrected chi connectivity index (χ4v) is 1.42. The predicted molar refractivity (Wildman–Crippen MR) is 60.7 cm³/mol. The molecule has 0 atom stereocenters. The molecule has 0 amide bonds. The minimum Gasteiger partial charge on any atom is -0.330 e. The van der Waals surface area contributed by atoms with Crippen molar-refractivity contribution in [3.05, 3.63) is 35.3 Å². The van der Waals surface area contributed by atoms with E-state index in [2.05, 4.69) is 10.1 Å². The van der Waals surface area contributed by atoms with Crippen LogP contribution in [0.4, 0.5) is 0 Å². The van der Waals surface area contributed by atoms with Crippen molar-refractivity contribution in [2.75, 3.05) is 6.54 Å². The molecule has 78 valence electrons. The monoisotopic (exact) mass is 222 g/mol. The smallest absolute Gasteiger partial charge is 0.163 e. The van der Waals surface area contributed by atoms with Gasteiger partial charge in [-0.2, -0.15) is 5.10 Å². The van der Waals surface area contributed by atoms with Gasteiger partial charge in [-0.05, 0) is 19.0 Å². The van der Waals surface area contributed by atoms with Gasteiger partial charge >= 0.3 is 0 Å². The van der Waals surface area contributed by atoms with E-state index in [0.29, 0.717) is 11.7 Å². The number of nitrogens with zero attached hydrogens (tertiary/aromatic N) is 3. The summed E-state index contributed by atoms with van der Waals surface area (Å²) >= 11 is 5.81. The van der Waals surface area contributed by atoms with Crippen LogP contribution in [0.5, 0.6) is 0 Å². The molecule has 0 spiro atoms. The van der Waals surface area contributed by atoms with Gasteiger partial charge < -0.3 is 5.73 Å². The van der Waals surface area contributed by atoms with Crippen molar-refractivity contribution in [2.45, 2.75) is 6.42 Å². The second-order valence-electron chi connectivity index (χ2n) is 3.10. The summed E-state index contributed by atoms with van der Waals surface area (Å²) in [6.07, 6.45) is 8.34. The van der Waals surface area contributed by atoms with Crippen LogP contribution in [0.2, 0.25) is 5.15 Å². The number of halogens is 1. The Labute approximate surface area is 92.4 Å². The quantitative estimate of drug-likeness (QED) is 0.805. The summed E-state index contributed by atoms with van der Waals surface area (Å²) in [7, 11) is 0. The van der Waals surface area contributed by atoms with E-state index in [-0.39, 0.29) is 0 Å². The zero-order valence-electron chi connectivity index (χ0n) is 8.10. The molecule has 4 nitrogen and oxygen atoms in total. The molecule has 0 aliphatic rings. The van der Waals surface area contributed by atoms with E-state index >= 15 is 0 Å². The Hall–Kier alpha value is -1.39. The second-order valence-corrected chi connectivity index (χ2v) is 3.49. The molecule has 0 bridgehead atoms. The van der Waals surface area contributed by atoms with Gasteiger partial charge in [-0.15, -0.1) is 0 Å². The first-order valence-corrected chi connectivity index (χ1v) is 5.05. The first-order chi connectivity index (χ1) is 7.31. The molecule has 0 aromatic carbocycles. The van der Waals surface area contributed by atoms with Gasteiger partial charge in [-0.25, -0.2) is 9.50 Å². The van der Waals surface area contributed by atoms with Crippen LogP contribution in [0.1, 0.15) is 12.0 Å². The molecule has 0 aliphatic carbocycles. The van der Waals surface area contributed by atoms with Crippen LogP contribution in [-0.2, 0) is 0 Å². The van der Waals surface area contributed by atoms with Crippen molar-refractivity contribution >= 4 is 23.3 Å². The molecule has 0 unspecified atom stereocenters. The maximum atomic E-state index is 5.81. The summed E-state index contributed by atoms with van der Waals surface area (Å²) in [4.78, 5) is 4.20. The molecule has 0 aliphatic heterocycles. The molecule has 5 heteroatoms. The Balaban J connectivity index is 2.39. The molecular weight excluding hydrogens is 212 g/mol. The van der Waals surface area contributed by atoms with Crippen LogP contribution in [0.25, 0.3) is 11.7 Å². The van der Waals surface area contributed by atoms with Crippen LogP contribution in [0.3, 0.4) is 0 Å². The molecule has 2 aromatic rings. The van der Waals surface area contributed by atoms with Crippen LogP contribution in [0, 0.1) is 0 Å². The van der Waals surface area contributed by atoms with Crippen LogP contribution < -0.4 is 5.73 Å². The van der Waals surface area contributed by atoms with E-state index in [4.69, 9.17) is 17.3 Å². The SMILES string of the molecule is NCCC=Cc1cnn2ccc(Cl)nc12. The van der Waals surface area contributed by atoms with Gasteiger partial charge in [0.25, 0.3) is 0 Å². The highest BCUT2D eigenvalue weighted by atomic mass is 35.5. The van der Waals surface area contributed by atoms with Crippen molar-refractivity contribution in [1.29, 1.82) is 0 Å². The maximum absolute atomic E-state index is 5.81. The molecule has 15 heavy (non-hydrogen) atoms. The summed E-state index contributed by atoms with van der Waals surface area (Å²) in [6, 6.07) is 1.70. The maximum Gasteiger partial charge on any atom is 0.163 e. The third-order valence-electron chi connectivity index (χ3n) is 1.99. The van der Waals surface area contributed by atoms with Gasteiger partial charge in [-0.1, -0.05) is 23.8 Å². The Morgan fingerprint density at radius 2 is 2.40 bits per heavy atom. The number of nitrogens with two attached hydrogens (primary N) is 1. The standard InChI is InChI=1S/C10H11ClN4/c11-9-4-6-15-10(14-9)8(7-13-15)3-1-2-5-12/h1,3-4,6-7H,2,5,12H2. The zero-order valence-corrected chi connectivity index (χ0v) is 8.85. The highest BCUT2D eigenvalue weighted by Gasteiger charge is 2.02. The topological polar surface area (TPSA) is 56.2 Å². The zero-order chi connectivity index (χ0) is 10.7. The van der Waals surface area contributed by atoms with E-state index in [0.717, 1.165) is 17.6 Å². The second kappa shape index (κ2) is 4.42. The molecule has 2 aromatic heterocycles. The predicted octanol–water partition coefficient (Wildman–Crippen LogP) is 1.74. The van der Waals surface area contributed by atoms with Crippen molar-refractivity contribution < 1.29 is 0 Å². The van der Waals surface area contributed by atoms with Gasteiger partial charge in [0.05, 0.1) is 6.20 Å². The molecule has 0 radical (unpaired) electrons. The molecule has 0 fully saturated rings. The fraction of sp³-hybridized carbons (Fsp3) is 0.200. The van der Waals surface area contributed by atoms with E-state index in [1.807, 2.05) is 12.2 Å². The fourth-order valence-electron chi connectivity index (χ4n) is 1.29. The van der Waals surface area contributed by atoms with Gasteiger partial charge in [0.1, 0.15) is 5.15 Å². The minimum atomic E-state index is 0.469. The summed E-state index contributed by atoms with van der Waals surface area (Å²) in [6.45, 7) is 0.643. The normalized spacial score (nSPS) is 11.6. The average molecular weight is 223 g/mol. The molecule has 2 rings (SSSR count). The highest BCUT2D eigenvalue weighted by molar-refractivity contribution is 6.29. The van der Waals surface area contributed by atoms with Gasteiger partial charge in [0.2, 0.25) is 0 Å². The molecule has 0 saturated heterocycles. The number of hydrogen-bond acceptors (Lipinski definition) is 3. The Morgan fingerprint density at radius 3 is 3.20 bits per heavy atom. The third kappa shape index (κ3) is 2.16. The highest BCUT2D eigenvalue weighted by Crippen LogP contribution is 2.13. The van der Waals surface area contributed by atoms with E-state index < -0.39 is 0 Å². The number of rotatable bonds is 3. The third-order valence-corrected chi connectivity index (χ3v) is 2.20. The van der Waals surface area contributed by atoms with E-state index in [1.165, 1.54) is 0 Å². The van der Waals surface area contributed by atoms with Crippen LogP contribution in [0.15, 0.2) is 24.5 Å².